The Hall–Kier alpha value is -1.67. The van der Waals surface area contributed by atoms with Gasteiger partial charge in [0.1, 0.15) is 12.1 Å². The van der Waals surface area contributed by atoms with Crippen LogP contribution < -0.4 is 17.2 Å². The minimum absolute atomic E-state index is 0.0208. The van der Waals surface area contributed by atoms with Crippen LogP contribution >= 0.6 is 0 Å². The monoisotopic (exact) mass is 263 g/mol. The Balaban J connectivity index is 0. The second-order valence-corrected chi connectivity index (χ2v) is 4.06. The molecule has 0 aromatic rings. The third-order valence-electron chi connectivity index (χ3n) is 2.02. The van der Waals surface area contributed by atoms with E-state index in [1.807, 2.05) is 0 Å². The molecule has 8 N–H and O–H groups in total. The van der Waals surface area contributed by atoms with Crippen molar-refractivity contribution in [2.24, 2.45) is 23.1 Å². The maximum Gasteiger partial charge on any atom is 0.320 e. The first-order chi connectivity index (χ1) is 8.09. The number of carboxylic acid groups (broad SMARTS) is 2. The van der Waals surface area contributed by atoms with Crippen LogP contribution in [0.2, 0.25) is 0 Å². The Bertz CT molecular complexity index is 293. The number of carbonyl (C=O) groups excluding carboxylic acids is 1. The van der Waals surface area contributed by atoms with E-state index in [0.29, 0.717) is 0 Å². The van der Waals surface area contributed by atoms with Crippen LogP contribution in [0.4, 0.5) is 0 Å². The summed E-state index contributed by atoms with van der Waals surface area (Å²) in [5.74, 6) is -2.55. The summed E-state index contributed by atoms with van der Waals surface area (Å²) in [6.07, 6.45) is 0.123. The Morgan fingerprint density at radius 1 is 1.06 bits per heavy atom. The maximum absolute atomic E-state index is 10.1. The van der Waals surface area contributed by atoms with E-state index in [1.165, 1.54) is 0 Å². The first-order valence-corrected chi connectivity index (χ1v) is 5.34. The molecule has 0 fully saturated rings. The number of aliphatic carboxylic acids is 2. The van der Waals surface area contributed by atoms with Gasteiger partial charge in [-0.1, -0.05) is 13.8 Å². The second kappa shape index (κ2) is 9.37. The quantitative estimate of drug-likeness (QED) is 0.397. The Morgan fingerprint density at radius 2 is 1.50 bits per heavy atom. The molecule has 0 rings (SSSR count). The molecule has 0 radical (unpaired) electrons. The molecule has 8 heteroatoms. The molecule has 2 atom stereocenters. The molecule has 0 aliphatic heterocycles. The molecule has 1 unspecified atom stereocenters. The summed E-state index contributed by atoms with van der Waals surface area (Å²) >= 11 is 0. The lowest BCUT2D eigenvalue weighted by Crippen LogP contribution is -2.34. The number of carbonyl (C=O) groups is 3. The Labute approximate surface area is 105 Å². The zero-order chi connectivity index (χ0) is 14.9. The van der Waals surface area contributed by atoms with Gasteiger partial charge >= 0.3 is 11.9 Å². The second-order valence-electron chi connectivity index (χ2n) is 4.06. The number of nitrogens with two attached hydrogens (primary N) is 3. The molecule has 0 bridgehead atoms. The van der Waals surface area contributed by atoms with E-state index in [0.717, 1.165) is 0 Å². The summed E-state index contributed by atoms with van der Waals surface area (Å²) < 4.78 is 0. The van der Waals surface area contributed by atoms with Crippen LogP contribution in [0.3, 0.4) is 0 Å². The fourth-order valence-corrected chi connectivity index (χ4v) is 0.706. The van der Waals surface area contributed by atoms with Crippen LogP contribution in [-0.4, -0.2) is 40.1 Å². The van der Waals surface area contributed by atoms with Gasteiger partial charge in [0.2, 0.25) is 5.91 Å². The topological polar surface area (TPSA) is 170 Å². The van der Waals surface area contributed by atoms with Gasteiger partial charge in [0.25, 0.3) is 0 Å². The van der Waals surface area contributed by atoms with Gasteiger partial charge in [0.15, 0.2) is 0 Å². The van der Waals surface area contributed by atoms with Crippen molar-refractivity contribution in [1.82, 2.24) is 0 Å². The highest BCUT2D eigenvalue weighted by Gasteiger charge is 2.14. The van der Waals surface area contributed by atoms with Crippen LogP contribution in [0.25, 0.3) is 0 Å². The minimum atomic E-state index is -1.11. The van der Waals surface area contributed by atoms with Gasteiger partial charge in [-0.05, 0) is 12.3 Å². The lowest BCUT2D eigenvalue weighted by atomic mass is 10.1. The van der Waals surface area contributed by atoms with Gasteiger partial charge in [-0.3, -0.25) is 14.4 Å². The summed E-state index contributed by atoms with van der Waals surface area (Å²) in [6, 6.07) is -1.69. The molecule has 0 spiro atoms. The fourth-order valence-electron chi connectivity index (χ4n) is 0.706. The van der Waals surface area contributed by atoms with Gasteiger partial charge in [0, 0.05) is 6.42 Å². The summed E-state index contributed by atoms with van der Waals surface area (Å²) in [5, 5.41) is 16.4. The van der Waals surface area contributed by atoms with Crippen molar-refractivity contribution in [3.63, 3.8) is 0 Å². The van der Waals surface area contributed by atoms with Crippen LogP contribution in [0.1, 0.15) is 26.7 Å². The first kappa shape index (κ1) is 18.7. The zero-order valence-electron chi connectivity index (χ0n) is 10.5. The molecule has 0 heterocycles. The summed E-state index contributed by atoms with van der Waals surface area (Å²) in [7, 11) is 0. The molecule has 106 valence electrons. The lowest BCUT2D eigenvalue weighted by Gasteiger charge is -2.07. The van der Waals surface area contributed by atoms with Gasteiger partial charge in [-0.2, -0.15) is 0 Å². The van der Waals surface area contributed by atoms with Crippen LogP contribution in [0.15, 0.2) is 0 Å². The average Bonchev–Trinajstić information content (AvgIpc) is 2.24. The molecule has 8 nitrogen and oxygen atoms in total. The predicted octanol–water partition coefficient (Wildman–Crippen LogP) is -1.28. The van der Waals surface area contributed by atoms with Crippen molar-refractivity contribution in [2.45, 2.75) is 38.8 Å². The van der Waals surface area contributed by atoms with E-state index < -0.39 is 29.9 Å². The highest BCUT2D eigenvalue weighted by atomic mass is 16.4. The van der Waals surface area contributed by atoms with E-state index in [4.69, 9.17) is 27.4 Å². The number of hydrogen-bond acceptors (Lipinski definition) is 5. The highest BCUT2D eigenvalue weighted by Crippen LogP contribution is 1.96. The van der Waals surface area contributed by atoms with Gasteiger partial charge < -0.3 is 27.4 Å². The van der Waals surface area contributed by atoms with E-state index in [9.17, 15) is 14.4 Å². The van der Waals surface area contributed by atoms with Crippen molar-refractivity contribution < 1.29 is 24.6 Å². The Morgan fingerprint density at radius 3 is 1.67 bits per heavy atom. The molecule has 1 amide bonds. The fraction of sp³-hybridized carbons (Fsp3) is 0.700. The first-order valence-electron chi connectivity index (χ1n) is 5.34. The number of hydrogen-bond donors (Lipinski definition) is 5. The number of carboxylic acids is 2. The molecule has 0 saturated carbocycles. The van der Waals surface area contributed by atoms with Crippen LogP contribution in [0, 0.1) is 5.92 Å². The van der Waals surface area contributed by atoms with E-state index in [1.54, 1.807) is 13.8 Å². The molecule has 0 aromatic heterocycles. The van der Waals surface area contributed by atoms with Crippen molar-refractivity contribution in [1.29, 1.82) is 0 Å². The van der Waals surface area contributed by atoms with Crippen molar-refractivity contribution in [2.75, 3.05) is 0 Å². The molecule has 0 aliphatic rings. The van der Waals surface area contributed by atoms with E-state index in [-0.39, 0.29) is 18.8 Å². The number of rotatable bonds is 6. The minimum Gasteiger partial charge on any atom is -0.480 e. The van der Waals surface area contributed by atoms with Gasteiger partial charge in [0.05, 0.1) is 0 Å². The van der Waals surface area contributed by atoms with Crippen LogP contribution in [-0.2, 0) is 14.4 Å². The molecular formula is C10H21N3O5. The standard InChI is InChI=1S/C5H10N2O3.C5H11NO2/c6-3(5(9)10)1-2-4(7)8;1-3(2)4(6)5(7)8/h3H,1-2,6H2,(H2,7,8)(H,9,10);3-4H,6H2,1-2H3,(H,7,8)/t3-;/m0./s1. The molecule has 18 heavy (non-hydrogen) atoms. The SMILES string of the molecule is CC(C)C(N)C(=O)O.NC(=O)CC[C@H](N)C(=O)O. The summed E-state index contributed by atoms with van der Waals surface area (Å²) in [6.45, 7) is 3.55. The summed E-state index contributed by atoms with van der Waals surface area (Å²) in [4.78, 5) is 30.2. The van der Waals surface area contributed by atoms with Crippen molar-refractivity contribution >= 4 is 17.8 Å². The van der Waals surface area contributed by atoms with Crippen LogP contribution in [0.5, 0.6) is 0 Å². The lowest BCUT2D eigenvalue weighted by molar-refractivity contribution is -0.140. The number of amides is 1. The molecule has 0 saturated heterocycles. The molecule has 0 aliphatic carbocycles. The zero-order valence-corrected chi connectivity index (χ0v) is 10.5. The Kier molecular flexibility index (Phi) is 9.73. The van der Waals surface area contributed by atoms with E-state index >= 15 is 0 Å². The van der Waals surface area contributed by atoms with Gasteiger partial charge in [-0.15, -0.1) is 0 Å². The highest BCUT2D eigenvalue weighted by molar-refractivity contribution is 5.77. The summed E-state index contributed by atoms with van der Waals surface area (Å²) in [5.41, 5.74) is 15.0. The normalized spacial score (nSPS) is 13.2. The van der Waals surface area contributed by atoms with Crippen molar-refractivity contribution in [3.05, 3.63) is 0 Å². The van der Waals surface area contributed by atoms with E-state index in [2.05, 4.69) is 0 Å². The molecule has 0 aromatic carbocycles. The van der Waals surface area contributed by atoms with Crippen molar-refractivity contribution in [3.8, 4) is 0 Å². The average molecular weight is 263 g/mol. The predicted molar refractivity (Wildman–Crippen MR) is 64.5 cm³/mol. The third-order valence-corrected chi connectivity index (χ3v) is 2.02. The largest absolute Gasteiger partial charge is 0.480 e. The maximum atomic E-state index is 10.1. The third kappa shape index (κ3) is 10.8. The molecular weight excluding hydrogens is 242 g/mol. The number of primary amides is 1. The smallest absolute Gasteiger partial charge is 0.320 e. The van der Waals surface area contributed by atoms with Gasteiger partial charge in [-0.25, -0.2) is 0 Å².